The van der Waals surface area contributed by atoms with Crippen molar-refractivity contribution in [3.05, 3.63) is 0 Å². The summed E-state index contributed by atoms with van der Waals surface area (Å²) in [6.07, 6.45) is 3.38. The van der Waals surface area contributed by atoms with Crippen LogP contribution in [0.15, 0.2) is 0 Å². The molecule has 0 aromatic carbocycles. The predicted octanol–water partition coefficient (Wildman–Crippen LogP) is 1.63. The maximum atomic E-state index is 12.8. The molecule has 1 saturated heterocycles. The zero-order valence-electron chi connectivity index (χ0n) is 16.5. The van der Waals surface area contributed by atoms with E-state index >= 15 is 0 Å². The second kappa shape index (κ2) is 7.00. The first kappa shape index (κ1) is 19.4. The first-order chi connectivity index (χ1) is 12.1. The van der Waals surface area contributed by atoms with Crippen molar-refractivity contribution in [2.75, 3.05) is 39.8 Å². The monoisotopic (exact) mass is 367 g/mol. The summed E-state index contributed by atoms with van der Waals surface area (Å²) in [6.45, 7) is 9.09. The van der Waals surface area contributed by atoms with Gasteiger partial charge in [0.1, 0.15) is 0 Å². The second-order valence-corrected chi connectivity index (χ2v) is 9.14. The maximum Gasteiger partial charge on any atom is 0.317 e. The van der Waals surface area contributed by atoms with Crippen LogP contribution in [0, 0.1) is 16.7 Å². The highest BCUT2D eigenvalue weighted by Crippen LogP contribution is 2.65. The summed E-state index contributed by atoms with van der Waals surface area (Å²) in [4.78, 5) is 27.2. The molecule has 148 valence electrons. The third-order valence-corrected chi connectivity index (χ3v) is 7.44. The van der Waals surface area contributed by atoms with Crippen LogP contribution < -0.4 is 5.32 Å². The van der Waals surface area contributed by atoms with Crippen molar-refractivity contribution in [3.8, 4) is 0 Å². The van der Waals surface area contributed by atoms with Gasteiger partial charge >= 0.3 is 12.0 Å². The highest BCUT2D eigenvalue weighted by molar-refractivity contribution is 5.75. The predicted molar refractivity (Wildman–Crippen MR) is 98.0 cm³/mol. The van der Waals surface area contributed by atoms with Gasteiger partial charge in [0, 0.05) is 25.7 Å². The van der Waals surface area contributed by atoms with E-state index in [2.05, 4.69) is 26.1 Å². The number of carboxylic acids is 1. The number of nitrogens with zero attached hydrogens (tertiary/aromatic N) is 2. The number of morpholine rings is 1. The fourth-order valence-electron chi connectivity index (χ4n) is 5.32. The van der Waals surface area contributed by atoms with E-state index in [-0.39, 0.29) is 35.6 Å². The normalized spacial score (nSPS) is 35.7. The number of rotatable bonds is 5. The van der Waals surface area contributed by atoms with Crippen molar-refractivity contribution >= 4 is 12.0 Å². The number of urea groups is 1. The molecule has 1 heterocycles. The minimum atomic E-state index is -0.856. The lowest BCUT2D eigenvalue weighted by Gasteiger charge is -2.41. The molecule has 0 spiro atoms. The van der Waals surface area contributed by atoms with Gasteiger partial charge in [-0.2, -0.15) is 0 Å². The van der Waals surface area contributed by atoms with Crippen molar-refractivity contribution in [2.45, 2.75) is 52.2 Å². The van der Waals surface area contributed by atoms with E-state index in [9.17, 15) is 9.59 Å². The summed E-state index contributed by atoms with van der Waals surface area (Å²) in [5.74, 6) is -0.162. The average Bonchev–Trinajstić information content (AvgIpc) is 2.87. The van der Waals surface area contributed by atoms with Crippen LogP contribution in [0.25, 0.3) is 0 Å². The molecule has 0 aromatic heterocycles. The minimum absolute atomic E-state index is 0.00578. The fourth-order valence-corrected chi connectivity index (χ4v) is 5.32. The Hall–Kier alpha value is -1.34. The van der Waals surface area contributed by atoms with E-state index in [1.807, 2.05) is 4.90 Å². The zero-order valence-corrected chi connectivity index (χ0v) is 16.5. The number of carbonyl (C=O) groups excluding carboxylic acids is 1. The molecule has 7 nitrogen and oxygen atoms in total. The Labute approximate surface area is 156 Å². The molecule has 0 aromatic rings. The number of hydrogen-bond acceptors (Lipinski definition) is 4. The molecule has 4 unspecified atom stereocenters. The van der Waals surface area contributed by atoms with Gasteiger partial charge in [-0.1, -0.05) is 20.8 Å². The lowest BCUT2D eigenvalue weighted by Crippen LogP contribution is -2.56. The summed E-state index contributed by atoms with van der Waals surface area (Å²) >= 11 is 0. The smallest absolute Gasteiger partial charge is 0.317 e. The number of carbonyl (C=O) groups is 2. The molecular weight excluding hydrogens is 334 g/mol. The summed E-state index contributed by atoms with van der Waals surface area (Å²) in [5.41, 5.74) is 0.443. The Morgan fingerprint density at radius 1 is 1.35 bits per heavy atom. The van der Waals surface area contributed by atoms with Gasteiger partial charge in [-0.25, -0.2) is 4.79 Å². The maximum absolute atomic E-state index is 12.8. The highest BCUT2D eigenvalue weighted by Gasteiger charge is 2.61. The SMILES string of the molecule is CN(CC(=O)O)CC1CN(C(=O)NC2CC3CCC2(C)C3(C)C)CCO1. The van der Waals surface area contributed by atoms with Crippen molar-refractivity contribution in [2.24, 2.45) is 16.7 Å². The number of hydrogen-bond donors (Lipinski definition) is 2. The van der Waals surface area contributed by atoms with Crippen LogP contribution >= 0.6 is 0 Å². The lowest BCUT2D eigenvalue weighted by molar-refractivity contribution is -0.138. The summed E-state index contributed by atoms with van der Waals surface area (Å²) in [7, 11) is 1.76. The molecule has 3 fully saturated rings. The van der Waals surface area contributed by atoms with E-state index in [1.54, 1.807) is 11.9 Å². The van der Waals surface area contributed by atoms with Gasteiger partial charge in [-0.3, -0.25) is 9.69 Å². The molecule has 2 amide bonds. The van der Waals surface area contributed by atoms with Crippen molar-refractivity contribution in [1.82, 2.24) is 15.1 Å². The summed E-state index contributed by atoms with van der Waals surface area (Å²) < 4.78 is 5.73. The number of amides is 2. The Bertz CT molecular complexity index is 567. The second-order valence-electron chi connectivity index (χ2n) is 9.14. The molecule has 3 rings (SSSR count). The molecule has 3 aliphatic rings. The first-order valence-electron chi connectivity index (χ1n) is 9.71. The number of aliphatic carboxylic acids is 1. The van der Waals surface area contributed by atoms with E-state index in [1.165, 1.54) is 12.8 Å². The fraction of sp³-hybridized carbons (Fsp3) is 0.895. The summed E-state index contributed by atoms with van der Waals surface area (Å²) in [5, 5.41) is 12.2. The third-order valence-electron chi connectivity index (χ3n) is 7.44. The van der Waals surface area contributed by atoms with Crippen LogP contribution in [0.4, 0.5) is 4.79 Å². The summed E-state index contributed by atoms with van der Waals surface area (Å²) in [6, 6.07) is 0.230. The van der Waals surface area contributed by atoms with E-state index in [4.69, 9.17) is 9.84 Å². The molecule has 26 heavy (non-hydrogen) atoms. The van der Waals surface area contributed by atoms with Gasteiger partial charge in [-0.05, 0) is 43.1 Å². The molecule has 2 N–H and O–H groups in total. The number of ether oxygens (including phenoxy) is 1. The van der Waals surface area contributed by atoms with E-state index < -0.39 is 5.97 Å². The topological polar surface area (TPSA) is 82.1 Å². The molecule has 4 atom stereocenters. The largest absolute Gasteiger partial charge is 0.480 e. The number of likely N-dealkylation sites (N-methyl/N-ethyl adjacent to an activating group) is 1. The van der Waals surface area contributed by atoms with Crippen LogP contribution in [0.1, 0.15) is 40.0 Å². The Morgan fingerprint density at radius 3 is 2.65 bits per heavy atom. The molecular formula is C19H33N3O4. The number of fused-ring (bicyclic) bond motifs is 2. The number of carboxylic acid groups (broad SMARTS) is 1. The standard InChI is InChI=1S/C19H33N3O4/c1-18(2)13-5-6-19(18,3)15(9-13)20-17(25)22-7-8-26-14(11-22)10-21(4)12-16(23)24/h13-15H,5-12H2,1-4H3,(H,20,25)(H,23,24). The Kier molecular flexibility index (Phi) is 5.23. The van der Waals surface area contributed by atoms with E-state index in [0.29, 0.717) is 32.2 Å². The number of nitrogens with one attached hydrogen (secondary N) is 1. The third kappa shape index (κ3) is 3.43. The van der Waals surface area contributed by atoms with Crippen molar-refractivity contribution in [1.29, 1.82) is 0 Å². The Morgan fingerprint density at radius 2 is 2.08 bits per heavy atom. The van der Waals surface area contributed by atoms with Gasteiger partial charge in [-0.15, -0.1) is 0 Å². The van der Waals surface area contributed by atoms with Crippen molar-refractivity contribution in [3.63, 3.8) is 0 Å². The van der Waals surface area contributed by atoms with Gasteiger partial charge < -0.3 is 20.1 Å². The van der Waals surface area contributed by atoms with Crippen LogP contribution in [0.3, 0.4) is 0 Å². The highest BCUT2D eigenvalue weighted by atomic mass is 16.5. The average molecular weight is 367 g/mol. The Balaban J connectivity index is 1.54. The lowest BCUT2D eigenvalue weighted by atomic mass is 9.69. The van der Waals surface area contributed by atoms with Crippen LogP contribution in [0.5, 0.6) is 0 Å². The molecule has 2 bridgehead atoms. The molecule has 1 aliphatic heterocycles. The molecule has 7 heteroatoms. The quantitative estimate of drug-likeness (QED) is 0.772. The molecule has 0 radical (unpaired) electrons. The first-order valence-corrected chi connectivity index (χ1v) is 9.71. The van der Waals surface area contributed by atoms with Crippen molar-refractivity contribution < 1.29 is 19.4 Å². The minimum Gasteiger partial charge on any atom is -0.480 e. The van der Waals surface area contributed by atoms with Crippen LogP contribution in [0.2, 0.25) is 0 Å². The van der Waals surface area contributed by atoms with Gasteiger partial charge in [0.15, 0.2) is 0 Å². The zero-order chi connectivity index (χ0) is 19.1. The molecule has 2 aliphatic carbocycles. The van der Waals surface area contributed by atoms with Crippen LogP contribution in [-0.4, -0.2) is 78.9 Å². The van der Waals surface area contributed by atoms with Gasteiger partial charge in [0.05, 0.1) is 19.3 Å². The molecule has 2 saturated carbocycles. The van der Waals surface area contributed by atoms with Crippen LogP contribution in [-0.2, 0) is 9.53 Å². The van der Waals surface area contributed by atoms with E-state index in [0.717, 1.165) is 6.42 Å². The van der Waals surface area contributed by atoms with Gasteiger partial charge in [0.25, 0.3) is 0 Å². The van der Waals surface area contributed by atoms with Gasteiger partial charge in [0.2, 0.25) is 0 Å².